The normalized spacial score (nSPS) is 13.1. The summed E-state index contributed by atoms with van der Waals surface area (Å²) in [4.78, 5) is 9.12. The monoisotopic (exact) mass is 295 g/mol. The van der Waals surface area contributed by atoms with Gasteiger partial charge in [-0.25, -0.2) is 15.8 Å². The predicted octanol–water partition coefficient (Wildman–Crippen LogP) is 2.19. The molecule has 1 unspecified atom stereocenters. The predicted molar refractivity (Wildman–Crippen MR) is 87.3 cm³/mol. The van der Waals surface area contributed by atoms with Gasteiger partial charge in [-0.1, -0.05) is 34.1 Å². The largest absolute Gasteiger partial charge is 0.396 e. The number of hydrazine groups is 1. The Balaban J connectivity index is 2.99. The third-order valence-electron chi connectivity index (χ3n) is 3.63. The van der Waals surface area contributed by atoms with Crippen LogP contribution in [0.1, 0.15) is 51.9 Å². The van der Waals surface area contributed by atoms with Gasteiger partial charge in [0, 0.05) is 24.1 Å². The highest BCUT2D eigenvalue weighted by atomic mass is 16.3. The fourth-order valence-corrected chi connectivity index (χ4v) is 2.04. The molecule has 0 saturated carbocycles. The van der Waals surface area contributed by atoms with Gasteiger partial charge in [0.05, 0.1) is 0 Å². The summed E-state index contributed by atoms with van der Waals surface area (Å²) < 4.78 is 0. The molecular formula is C15H29N5O. The van der Waals surface area contributed by atoms with E-state index in [1.54, 1.807) is 0 Å². The van der Waals surface area contributed by atoms with Crippen LogP contribution in [0.2, 0.25) is 0 Å². The van der Waals surface area contributed by atoms with Gasteiger partial charge in [0.2, 0.25) is 0 Å². The lowest BCUT2D eigenvalue weighted by Gasteiger charge is -2.22. The Bertz CT molecular complexity index is 456. The van der Waals surface area contributed by atoms with E-state index in [2.05, 4.69) is 48.4 Å². The van der Waals surface area contributed by atoms with Gasteiger partial charge in [0.1, 0.15) is 17.5 Å². The molecule has 0 aliphatic heterocycles. The molecular weight excluding hydrogens is 266 g/mol. The summed E-state index contributed by atoms with van der Waals surface area (Å²) in [5.74, 6) is 8.19. The Morgan fingerprint density at radius 1 is 1.24 bits per heavy atom. The van der Waals surface area contributed by atoms with Gasteiger partial charge in [0.15, 0.2) is 0 Å². The molecule has 0 saturated heterocycles. The van der Waals surface area contributed by atoms with Crippen molar-refractivity contribution < 1.29 is 5.11 Å². The molecule has 6 heteroatoms. The van der Waals surface area contributed by atoms with E-state index in [0.29, 0.717) is 11.7 Å². The van der Waals surface area contributed by atoms with Crippen molar-refractivity contribution >= 4 is 11.6 Å². The van der Waals surface area contributed by atoms with Gasteiger partial charge in [-0.3, -0.25) is 0 Å². The van der Waals surface area contributed by atoms with Crippen molar-refractivity contribution in [2.75, 3.05) is 23.9 Å². The minimum Gasteiger partial charge on any atom is -0.396 e. The van der Waals surface area contributed by atoms with Gasteiger partial charge in [-0.15, -0.1) is 0 Å². The first-order chi connectivity index (χ1) is 9.83. The zero-order valence-corrected chi connectivity index (χ0v) is 13.8. The number of nitrogen functional groups attached to an aromatic ring is 1. The molecule has 1 aromatic heterocycles. The van der Waals surface area contributed by atoms with Crippen LogP contribution in [0.15, 0.2) is 0 Å². The van der Waals surface area contributed by atoms with Gasteiger partial charge < -0.3 is 15.8 Å². The maximum atomic E-state index is 9.07. The summed E-state index contributed by atoms with van der Waals surface area (Å²) in [7, 11) is 0. The van der Waals surface area contributed by atoms with Crippen LogP contribution < -0.4 is 16.6 Å². The van der Waals surface area contributed by atoms with E-state index >= 15 is 0 Å². The number of hydrogen-bond donors (Lipinski definition) is 4. The average Bonchev–Trinajstić information content (AvgIpc) is 2.43. The highest BCUT2D eigenvalue weighted by molar-refractivity contribution is 5.57. The van der Waals surface area contributed by atoms with E-state index in [0.717, 1.165) is 36.6 Å². The second-order valence-corrected chi connectivity index (χ2v) is 6.43. The van der Waals surface area contributed by atoms with Crippen molar-refractivity contribution in [3.05, 3.63) is 11.4 Å². The lowest BCUT2D eigenvalue weighted by molar-refractivity contribution is 0.258. The molecule has 1 rings (SSSR count). The fraction of sp³-hybridized carbons (Fsp3) is 0.733. The van der Waals surface area contributed by atoms with Crippen LogP contribution in [-0.4, -0.2) is 28.2 Å². The second-order valence-electron chi connectivity index (χ2n) is 6.43. The molecule has 0 radical (unpaired) electrons. The van der Waals surface area contributed by atoms with Crippen LogP contribution in [0.4, 0.5) is 11.6 Å². The maximum Gasteiger partial charge on any atom is 0.148 e. The number of hydrogen-bond acceptors (Lipinski definition) is 6. The van der Waals surface area contributed by atoms with Crippen molar-refractivity contribution in [2.45, 2.75) is 52.9 Å². The van der Waals surface area contributed by atoms with Gasteiger partial charge >= 0.3 is 0 Å². The number of rotatable bonds is 7. The third kappa shape index (κ3) is 4.82. The van der Waals surface area contributed by atoms with E-state index < -0.39 is 0 Å². The lowest BCUT2D eigenvalue weighted by Crippen LogP contribution is -2.23. The molecule has 21 heavy (non-hydrogen) atoms. The van der Waals surface area contributed by atoms with E-state index in [9.17, 15) is 0 Å². The molecule has 1 aromatic rings. The summed E-state index contributed by atoms with van der Waals surface area (Å²) in [5.41, 5.74) is 3.40. The van der Waals surface area contributed by atoms with Crippen molar-refractivity contribution in [1.82, 2.24) is 9.97 Å². The minimum absolute atomic E-state index is 0.148. The zero-order valence-electron chi connectivity index (χ0n) is 13.8. The summed E-state index contributed by atoms with van der Waals surface area (Å²) in [6.45, 7) is 11.3. The summed E-state index contributed by atoms with van der Waals surface area (Å²) in [6, 6.07) is 0. The molecule has 5 N–H and O–H groups in total. The number of anilines is 2. The van der Waals surface area contributed by atoms with Crippen molar-refractivity contribution in [1.29, 1.82) is 0 Å². The zero-order chi connectivity index (χ0) is 16.0. The molecule has 0 aliphatic rings. The number of aliphatic hydroxyl groups excluding tert-OH is 1. The Hall–Kier alpha value is -1.40. The molecule has 0 spiro atoms. The first kappa shape index (κ1) is 17.7. The van der Waals surface area contributed by atoms with Crippen molar-refractivity contribution in [3.63, 3.8) is 0 Å². The standard InChI is InChI=1S/C15H29N5O/c1-6-11(7-8-21)9-17-12-10(2)13(20-16)19-14(18-12)15(3,4)5/h11,21H,6-9,16H2,1-5H3,(H2,17,18,19,20). The Labute approximate surface area is 127 Å². The van der Waals surface area contributed by atoms with Gasteiger partial charge in [-0.2, -0.15) is 0 Å². The first-order valence-electron chi connectivity index (χ1n) is 7.53. The number of aliphatic hydroxyl groups is 1. The highest BCUT2D eigenvalue weighted by Gasteiger charge is 2.21. The molecule has 1 heterocycles. The van der Waals surface area contributed by atoms with Gasteiger partial charge in [-0.05, 0) is 19.3 Å². The van der Waals surface area contributed by atoms with Crippen LogP contribution >= 0.6 is 0 Å². The minimum atomic E-state index is -0.148. The van der Waals surface area contributed by atoms with Crippen LogP contribution in [0, 0.1) is 12.8 Å². The highest BCUT2D eigenvalue weighted by Crippen LogP contribution is 2.26. The number of nitrogens with one attached hydrogen (secondary N) is 2. The fourth-order valence-electron chi connectivity index (χ4n) is 2.04. The quantitative estimate of drug-likeness (QED) is 0.455. The molecule has 120 valence electrons. The van der Waals surface area contributed by atoms with Crippen LogP contribution in [-0.2, 0) is 5.41 Å². The molecule has 0 amide bonds. The number of nitrogens with two attached hydrogens (primary N) is 1. The summed E-state index contributed by atoms with van der Waals surface area (Å²) in [5, 5.41) is 12.5. The van der Waals surface area contributed by atoms with E-state index in [1.165, 1.54) is 0 Å². The van der Waals surface area contributed by atoms with Crippen molar-refractivity contribution in [2.24, 2.45) is 11.8 Å². The smallest absolute Gasteiger partial charge is 0.148 e. The van der Waals surface area contributed by atoms with E-state index in [4.69, 9.17) is 10.9 Å². The van der Waals surface area contributed by atoms with Crippen LogP contribution in [0.5, 0.6) is 0 Å². The Morgan fingerprint density at radius 3 is 2.33 bits per heavy atom. The lowest BCUT2D eigenvalue weighted by atomic mass is 9.95. The van der Waals surface area contributed by atoms with E-state index in [1.807, 2.05) is 6.92 Å². The van der Waals surface area contributed by atoms with Crippen molar-refractivity contribution in [3.8, 4) is 0 Å². The maximum absolute atomic E-state index is 9.07. The molecule has 0 fully saturated rings. The first-order valence-corrected chi connectivity index (χ1v) is 7.53. The summed E-state index contributed by atoms with van der Waals surface area (Å²) in [6.07, 6.45) is 1.81. The molecule has 0 aliphatic carbocycles. The average molecular weight is 295 g/mol. The third-order valence-corrected chi connectivity index (χ3v) is 3.63. The topological polar surface area (TPSA) is 96.1 Å². The van der Waals surface area contributed by atoms with Gasteiger partial charge in [0.25, 0.3) is 0 Å². The summed E-state index contributed by atoms with van der Waals surface area (Å²) >= 11 is 0. The molecule has 1 atom stereocenters. The second kappa shape index (κ2) is 7.56. The van der Waals surface area contributed by atoms with Crippen LogP contribution in [0.25, 0.3) is 0 Å². The number of nitrogens with zero attached hydrogens (tertiary/aromatic N) is 2. The number of aromatic nitrogens is 2. The molecule has 0 bridgehead atoms. The molecule has 0 aromatic carbocycles. The Morgan fingerprint density at radius 2 is 1.86 bits per heavy atom. The Kier molecular flexibility index (Phi) is 6.36. The SMILES string of the molecule is CCC(CCO)CNc1nc(C(C)(C)C)nc(NN)c1C. The van der Waals surface area contributed by atoms with E-state index in [-0.39, 0.29) is 12.0 Å². The molecule has 6 nitrogen and oxygen atoms in total. The van der Waals surface area contributed by atoms with Crippen LogP contribution in [0.3, 0.4) is 0 Å².